The van der Waals surface area contributed by atoms with Crippen LogP contribution in [0.25, 0.3) is 0 Å². The maximum atomic E-state index is 11.5. The Hall–Kier alpha value is -1.12. The third-order valence-corrected chi connectivity index (χ3v) is 3.79. The van der Waals surface area contributed by atoms with Crippen molar-refractivity contribution in [3.63, 3.8) is 0 Å². The molecule has 0 aromatic heterocycles. The minimum Gasteiger partial charge on any atom is -0.283 e. The van der Waals surface area contributed by atoms with Gasteiger partial charge in [0, 0.05) is 0 Å². The van der Waals surface area contributed by atoms with Crippen molar-refractivity contribution >= 4 is 25.8 Å². The van der Waals surface area contributed by atoms with Gasteiger partial charge in [0.1, 0.15) is 5.75 Å². The van der Waals surface area contributed by atoms with Crippen LogP contribution in [0.15, 0.2) is 24.3 Å². The minimum absolute atomic E-state index is 0.0456. The van der Waals surface area contributed by atoms with Crippen LogP contribution in [0, 0.1) is 0 Å². The molecule has 8 heteroatoms. The lowest BCUT2D eigenvalue weighted by Gasteiger charge is -2.10. The van der Waals surface area contributed by atoms with Crippen LogP contribution in [0.4, 0.5) is 5.69 Å². The van der Waals surface area contributed by atoms with Crippen molar-refractivity contribution in [3.05, 3.63) is 29.8 Å². The first-order chi connectivity index (χ1) is 8.23. The summed E-state index contributed by atoms with van der Waals surface area (Å²) in [7, 11) is -7.15. The first-order valence-electron chi connectivity index (χ1n) is 5.16. The summed E-state index contributed by atoms with van der Waals surface area (Å²) in [5.74, 6) is -0.375. The second kappa shape index (κ2) is 5.68. The van der Waals surface area contributed by atoms with Gasteiger partial charge in [-0.1, -0.05) is 18.2 Å². The Balaban J connectivity index is 3.03. The first-order valence-corrected chi connectivity index (χ1v) is 8.63. The van der Waals surface area contributed by atoms with E-state index in [1.807, 2.05) is 0 Å². The van der Waals surface area contributed by atoms with E-state index >= 15 is 0 Å². The molecule has 0 aliphatic heterocycles. The number of para-hydroxylation sites is 1. The molecule has 1 aromatic carbocycles. The van der Waals surface area contributed by atoms with Gasteiger partial charge in [0.15, 0.2) is 0 Å². The molecule has 0 aliphatic rings. The van der Waals surface area contributed by atoms with E-state index in [1.54, 1.807) is 19.1 Å². The van der Waals surface area contributed by atoms with Gasteiger partial charge in [-0.25, -0.2) is 8.42 Å². The Morgan fingerprint density at radius 3 is 2.33 bits per heavy atom. The molecular formula is C10H15NO5S2. The molecule has 0 saturated heterocycles. The van der Waals surface area contributed by atoms with Gasteiger partial charge in [-0.15, -0.1) is 0 Å². The van der Waals surface area contributed by atoms with Gasteiger partial charge in [-0.3, -0.25) is 8.91 Å². The van der Waals surface area contributed by atoms with Crippen LogP contribution in [-0.4, -0.2) is 29.7 Å². The number of rotatable bonds is 6. The molecule has 0 unspecified atom stereocenters. The van der Waals surface area contributed by atoms with Crippen molar-refractivity contribution in [3.8, 4) is 0 Å². The summed E-state index contributed by atoms with van der Waals surface area (Å²) < 4.78 is 52.2. The summed E-state index contributed by atoms with van der Waals surface area (Å²) in [6, 6.07) is 6.27. The Morgan fingerprint density at radius 2 is 1.78 bits per heavy atom. The van der Waals surface area contributed by atoms with Crippen molar-refractivity contribution in [1.29, 1.82) is 0 Å². The lowest BCUT2D eigenvalue weighted by Crippen LogP contribution is -2.14. The second-order valence-electron chi connectivity index (χ2n) is 3.64. The smallest absolute Gasteiger partial charge is 0.271 e. The fourth-order valence-electron chi connectivity index (χ4n) is 1.36. The molecule has 0 fully saturated rings. The third-order valence-electron chi connectivity index (χ3n) is 1.94. The highest BCUT2D eigenvalue weighted by atomic mass is 32.2. The molecule has 0 atom stereocenters. The molecule has 0 saturated carbocycles. The average molecular weight is 293 g/mol. The number of anilines is 1. The van der Waals surface area contributed by atoms with Crippen molar-refractivity contribution in [2.24, 2.45) is 0 Å². The van der Waals surface area contributed by atoms with E-state index in [4.69, 9.17) is 0 Å². The van der Waals surface area contributed by atoms with E-state index in [0.29, 0.717) is 5.56 Å². The van der Waals surface area contributed by atoms with Crippen LogP contribution in [0.2, 0.25) is 0 Å². The lowest BCUT2D eigenvalue weighted by atomic mass is 10.2. The van der Waals surface area contributed by atoms with E-state index in [9.17, 15) is 16.8 Å². The highest BCUT2D eigenvalue weighted by molar-refractivity contribution is 7.92. The summed E-state index contributed by atoms with van der Waals surface area (Å²) >= 11 is 0. The molecule has 1 rings (SSSR count). The second-order valence-corrected chi connectivity index (χ2v) is 7.03. The summed E-state index contributed by atoms with van der Waals surface area (Å²) in [6.07, 6.45) is 1.00. The predicted octanol–water partition coefficient (Wildman–Crippen LogP) is 0.924. The Bertz CT molecular complexity index is 607. The normalized spacial score (nSPS) is 12.3. The number of sulfonamides is 1. The molecule has 0 radical (unpaired) electrons. The number of hydrogen-bond acceptors (Lipinski definition) is 5. The van der Waals surface area contributed by atoms with Crippen molar-refractivity contribution in [2.75, 3.05) is 17.6 Å². The standard InChI is InChI=1S/C10H15NO5S2/c1-3-16-18(14,15)8-9-6-4-5-7-10(9)11-17(2,12)13/h4-7,11H,3,8H2,1-2H3. The Labute approximate surface area is 107 Å². The topological polar surface area (TPSA) is 89.5 Å². The van der Waals surface area contributed by atoms with Crippen LogP contribution in [0.1, 0.15) is 12.5 Å². The van der Waals surface area contributed by atoms with E-state index in [-0.39, 0.29) is 18.0 Å². The fraction of sp³-hybridized carbons (Fsp3) is 0.400. The molecule has 1 aromatic rings. The van der Waals surface area contributed by atoms with E-state index in [1.165, 1.54) is 12.1 Å². The summed E-state index contributed by atoms with van der Waals surface area (Å²) in [5, 5.41) is 0. The molecule has 1 N–H and O–H groups in total. The van der Waals surface area contributed by atoms with Gasteiger partial charge < -0.3 is 0 Å². The fourth-order valence-corrected chi connectivity index (χ4v) is 3.03. The van der Waals surface area contributed by atoms with Gasteiger partial charge in [0.2, 0.25) is 10.0 Å². The first kappa shape index (κ1) is 14.9. The molecular weight excluding hydrogens is 278 g/mol. The molecule has 0 aliphatic carbocycles. The van der Waals surface area contributed by atoms with Crippen molar-refractivity contribution in [2.45, 2.75) is 12.7 Å². The molecule has 0 amide bonds. The van der Waals surface area contributed by atoms with Gasteiger partial charge >= 0.3 is 0 Å². The number of nitrogens with one attached hydrogen (secondary N) is 1. The summed E-state index contributed by atoms with van der Waals surface area (Å²) in [5.41, 5.74) is 0.583. The third kappa shape index (κ3) is 5.03. The lowest BCUT2D eigenvalue weighted by molar-refractivity contribution is 0.337. The molecule has 0 bridgehead atoms. The van der Waals surface area contributed by atoms with Gasteiger partial charge in [-0.2, -0.15) is 8.42 Å². The van der Waals surface area contributed by atoms with Crippen molar-refractivity contribution in [1.82, 2.24) is 0 Å². The largest absolute Gasteiger partial charge is 0.283 e. The zero-order valence-electron chi connectivity index (χ0n) is 10.1. The van der Waals surface area contributed by atoms with Crippen LogP contribution >= 0.6 is 0 Å². The molecule has 102 valence electrons. The molecule has 0 heterocycles. The maximum absolute atomic E-state index is 11.5. The SMILES string of the molecule is CCOS(=O)(=O)Cc1ccccc1NS(C)(=O)=O. The van der Waals surface area contributed by atoms with Crippen molar-refractivity contribution < 1.29 is 21.0 Å². The van der Waals surface area contributed by atoms with Gasteiger partial charge in [0.05, 0.1) is 18.6 Å². The quantitative estimate of drug-likeness (QED) is 0.788. The molecule has 6 nitrogen and oxygen atoms in total. The van der Waals surface area contributed by atoms with Crippen LogP contribution in [0.3, 0.4) is 0 Å². The summed E-state index contributed by atoms with van der Waals surface area (Å²) in [6.45, 7) is 1.61. The Morgan fingerprint density at radius 1 is 1.17 bits per heavy atom. The van der Waals surface area contributed by atoms with Crippen LogP contribution in [0.5, 0.6) is 0 Å². The zero-order chi connectivity index (χ0) is 13.8. The molecule has 18 heavy (non-hydrogen) atoms. The highest BCUT2D eigenvalue weighted by Crippen LogP contribution is 2.19. The maximum Gasteiger partial charge on any atom is 0.271 e. The minimum atomic E-state index is -3.70. The average Bonchev–Trinajstić information content (AvgIpc) is 2.18. The van der Waals surface area contributed by atoms with Crippen LogP contribution in [-0.2, 0) is 30.1 Å². The van der Waals surface area contributed by atoms with E-state index in [0.717, 1.165) is 6.26 Å². The van der Waals surface area contributed by atoms with Gasteiger partial charge in [-0.05, 0) is 18.6 Å². The monoisotopic (exact) mass is 293 g/mol. The summed E-state index contributed by atoms with van der Waals surface area (Å²) in [4.78, 5) is 0. The van der Waals surface area contributed by atoms with E-state index in [2.05, 4.69) is 8.91 Å². The van der Waals surface area contributed by atoms with E-state index < -0.39 is 20.1 Å². The van der Waals surface area contributed by atoms with Gasteiger partial charge in [0.25, 0.3) is 10.1 Å². The highest BCUT2D eigenvalue weighted by Gasteiger charge is 2.15. The zero-order valence-corrected chi connectivity index (χ0v) is 11.7. The predicted molar refractivity (Wildman–Crippen MR) is 69.2 cm³/mol. The van der Waals surface area contributed by atoms with Crippen LogP contribution < -0.4 is 4.72 Å². The Kier molecular flexibility index (Phi) is 4.71. The number of hydrogen-bond donors (Lipinski definition) is 1. The number of benzene rings is 1. The molecule has 0 spiro atoms.